The Morgan fingerprint density at radius 2 is 2.17 bits per heavy atom. The fourth-order valence-electron chi connectivity index (χ4n) is 1.51. The highest BCUT2D eigenvalue weighted by Crippen LogP contribution is 2.35. The predicted molar refractivity (Wildman–Crippen MR) is 73.7 cm³/mol. The molecular formula is C13H13BrN2O2. The van der Waals surface area contributed by atoms with Crippen LogP contribution in [0, 0.1) is 0 Å². The van der Waals surface area contributed by atoms with Crippen LogP contribution in [0.15, 0.2) is 41.0 Å². The minimum Gasteiger partial charge on any atom is -0.493 e. The Labute approximate surface area is 114 Å². The van der Waals surface area contributed by atoms with Crippen molar-refractivity contribution in [2.75, 3.05) is 12.8 Å². The quantitative estimate of drug-likeness (QED) is 0.943. The molecule has 2 rings (SSSR count). The highest BCUT2D eigenvalue weighted by atomic mass is 79.9. The molecule has 0 atom stereocenters. The van der Waals surface area contributed by atoms with Crippen LogP contribution in [0.5, 0.6) is 11.5 Å². The molecule has 0 bridgehead atoms. The van der Waals surface area contributed by atoms with Crippen LogP contribution in [0.25, 0.3) is 0 Å². The number of ether oxygens (including phenoxy) is 2. The average Bonchev–Trinajstić information content (AvgIpc) is 2.37. The van der Waals surface area contributed by atoms with Gasteiger partial charge in [0, 0.05) is 11.9 Å². The minimum absolute atomic E-state index is 0.337. The van der Waals surface area contributed by atoms with E-state index in [9.17, 15) is 0 Å². The van der Waals surface area contributed by atoms with E-state index in [1.54, 1.807) is 25.4 Å². The first-order chi connectivity index (χ1) is 8.70. The van der Waals surface area contributed by atoms with Gasteiger partial charge >= 0.3 is 0 Å². The van der Waals surface area contributed by atoms with E-state index < -0.39 is 0 Å². The number of hydrogen-bond donors (Lipinski definition) is 1. The van der Waals surface area contributed by atoms with Crippen LogP contribution in [0.4, 0.5) is 5.69 Å². The second-order valence-electron chi connectivity index (χ2n) is 3.64. The van der Waals surface area contributed by atoms with Gasteiger partial charge in [-0.3, -0.25) is 4.98 Å². The van der Waals surface area contributed by atoms with Crippen molar-refractivity contribution in [3.8, 4) is 11.5 Å². The zero-order chi connectivity index (χ0) is 13.0. The third-order valence-corrected chi connectivity index (χ3v) is 2.98. The van der Waals surface area contributed by atoms with Crippen molar-refractivity contribution in [3.05, 3.63) is 46.7 Å². The number of nitrogen functional groups attached to an aromatic ring is 1. The summed E-state index contributed by atoms with van der Waals surface area (Å²) in [6.45, 7) is 0.337. The molecule has 1 aromatic heterocycles. The SMILES string of the molecule is COc1cccc(Br)c1OCc1cc(N)ccn1. The lowest BCUT2D eigenvalue weighted by Crippen LogP contribution is -2.01. The fraction of sp³-hybridized carbons (Fsp3) is 0.154. The van der Waals surface area contributed by atoms with Gasteiger partial charge < -0.3 is 15.2 Å². The van der Waals surface area contributed by atoms with Gasteiger partial charge in [0.15, 0.2) is 11.5 Å². The maximum atomic E-state index is 5.71. The number of aromatic nitrogens is 1. The summed E-state index contributed by atoms with van der Waals surface area (Å²) in [5.74, 6) is 1.33. The van der Waals surface area contributed by atoms with Gasteiger partial charge in [0.05, 0.1) is 17.3 Å². The monoisotopic (exact) mass is 308 g/mol. The van der Waals surface area contributed by atoms with Crippen LogP contribution in [0.3, 0.4) is 0 Å². The first-order valence-electron chi connectivity index (χ1n) is 5.36. The topological polar surface area (TPSA) is 57.4 Å². The van der Waals surface area contributed by atoms with Crippen LogP contribution in [0.2, 0.25) is 0 Å². The molecule has 0 amide bonds. The number of para-hydroxylation sites is 1. The number of anilines is 1. The first kappa shape index (κ1) is 12.7. The molecule has 0 radical (unpaired) electrons. The number of benzene rings is 1. The zero-order valence-corrected chi connectivity index (χ0v) is 11.5. The molecule has 1 heterocycles. The highest BCUT2D eigenvalue weighted by molar-refractivity contribution is 9.10. The van der Waals surface area contributed by atoms with E-state index in [4.69, 9.17) is 15.2 Å². The molecule has 5 heteroatoms. The van der Waals surface area contributed by atoms with Crippen molar-refractivity contribution in [2.24, 2.45) is 0 Å². The van der Waals surface area contributed by atoms with Gasteiger partial charge in [-0.25, -0.2) is 0 Å². The summed E-state index contributed by atoms with van der Waals surface area (Å²) in [6.07, 6.45) is 1.66. The Balaban J connectivity index is 2.15. The maximum Gasteiger partial charge on any atom is 0.175 e. The number of pyridine rings is 1. The van der Waals surface area contributed by atoms with Crippen molar-refractivity contribution in [1.29, 1.82) is 0 Å². The van der Waals surface area contributed by atoms with E-state index >= 15 is 0 Å². The molecule has 0 spiro atoms. The normalized spacial score (nSPS) is 10.1. The summed E-state index contributed by atoms with van der Waals surface area (Å²) in [5.41, 5.74) is 7.12. The first-order valence-corrected chi connectivity index (χ1v) is 6.15. The lowest BCUT2D eigenvalue weighted by Gasteiger charge is -2.12. The molecule has 0 aliphatic heterocycles. The number of hydrogen-bond acceptors (Lipinski definition) is 4. The largest absolute Gasteiger partial charge is 0.493 e. The van der Waals surface area contributed by atoms with Gasteiger partial charge in [-0.2, -0.15) is 0 Å². The van der Waals surface area contributed by atoms with Crippen LogP contribution in [-0.4, -0.2) is 12.1 Å². The van der Waals surface area contributed by atoms with Crippen molar-refractivity contribution < 1.29 is 9.47 Å². The minimum atomic E-state index is 0.337. The molecule has 94 valence electrons. The lowest BCUT2D eigenvalue weighted by molar-refractivity contribution is 0.279. The summed E-state index contributed by atoms with van der Waals surface area (Å²) in [5, 5.41) is 0. The van der Waals surface area contributed by atoms with Crippen LogP contribution in [0.1, 0.15) is 5.69 Å². The smallest absolute Gasteiger partial charge is 0.175 e. The van der Waals surface area contributed by atoms with E-state index in [2.05, 4.69) is 20.9 Å². The molecule has 0 saturated carbocycles. The van der Waals surface area contributed by atoms with Crippen molar-refractivity contribution in [2.45, 2.75) is 6.61 Å². The molecule has 1 aromatic carbocycles. The van der Waals surface area contributed by atoms with Crippen LogP contribution in [-0.2, 0) is 6.61 Å². The Hall–Kier alpha value is -1.75. The Bertz CT molecular complexity index is 546. The molecule has 0 aliphatic carbocycles. The second-order valence-corrected chi connectivity index (χ2v) is 4.49. The number of nitrogens with zero attached hydrogens (tertiary/aromatic N) is 1. The van der Waals surface area contributed by atoms with Crippen molar-refractivity contribution >= 4 is 21.6 Å². The Morgan fingerprint density at radius 1 is 1.33 bits per heavy atom. The van der Waals surface area contributed by atoms with Gasteiger partial charge in [-0.05, 0) is 40.2 Å². The maximum absolute atomic E-state index is 5.71. The standard InChI is InChI=1S/C13H13BrN2O2/c1-17-12-4-2-3-11(14)13(12)18-8-10-7-9(15)5-6-16-10/h2-7H,8H2,1H3,(H2,15,16). The Kier molecular flexibility index (Phi) is 4.04. The van der Waals surface area contributed by atoms with Gasteiger partial charge in [0.1, 0.15) is 6.61 Å². The van der Waals surface area contributed by atoms with Crippen LogP contribution < -0.4 is 15.2 Å². The molecule has 0 saturated heterocycles. The lowest BCUT2D eigenvalue weighted by atomic mass is 10.3. The van der Waals surface area contributed by atoms with Gasteiger partial charge in [0.25, 0.3) is 0 Å². The summed E-state index contributed by atoms with van der Waals surface area (Å²) >= 11 is 3.43. The summed E-state index contributed by atoms with van der Waals surface area (Å²) in [7, 11) is 1.60. The zero-order valence-electron chi connectivity index (χ0n) is 9.89. The second kappa shape index (κ2) is 5.73. The molecule has 0 aliphatic rings. The van der Waals surface area contributed by atoms with E-state index in [1.807, 2.05) is 18.2 Å². The van der Waals surface area contributed by atoms with E-state index in [0.29, 0.717) is 23.8 Å². The van der Waals surface area contributed by atoms with E-state index in [-0.39, 0.29) is 0 Å². The molecule has 0 unspecified atom stereocenters. The van der Waals surface area contributed by atoms with E-state index in [1.165, 1.54) is 0 Å². The highest BCUT2D eigenvalue weighted by Gasteiger charge is 2.09. The fourth-order valence-corrected chi connectivity index (χ4v) is 1.97. The molecule has 18 heavy (non-hydrogen) atoms. The van der Waals surface area contributed by atoms with Crippen LogP contribution >= 0.6 is 15.9 Å². The number of rotatable bonds is 4. The number of nitrogens with two attached hydrogens (primary N) is 1. The molecule has 4 nitrogen and oxygen atoms in total. The summed E-state index contributed by atoms with van der Waals surface area (Å²) in [4.78, 5) is 4.18. The van der Waals surface area contributed by atoms with Crippen molar-refractivity contribution in [3.63, 3.8) is 0 Å². The number of methoxy groups -OCH3 is 1. The van der Waals surface area contributed by atoms with Gasteiger partial charge in [0.2, 0.25) is 0 Å². The average molecular weight is 309 g/mol. The Morgan fingerprint density at radius 3 is 2.89 bits per heavy atom. The summed E-state index contributed by atoms with van der Waals surface area (Å²) in [6, 6.07) is 9.14. The molecular weight excluding hydrogens is 296 g/mol. The molecule has 0 fully saturated rings. The molecule has 2 N–H and O–H groups in total. The van der Waals surface area contributed by atoms with Gasteiger partial charge in [-0.15, -0.1) is 0 Å². The van der Waals surface area contributed by atoms with E-state index in [0.717, 1.165) is 10.2 Å². The predicted octanol–water partition coefficient (Wildman–Crippen LogP) is 3.01. The third kappa shape index (κ3) is 2.92. The number of halogens is 1. The van der Waals surface area contributed by atoms with Crippen molar-refractivity contribution in [1.82, 2.24) is 4.98 Å². The third-order valence-electron chi connectivity index (χ3n) is 2.36. The molecule has 2 aromatic rings. The van der Waals surface area contributed by atoms with Gasteiger partial charge in [-0.1, -0.05) is 6.07 Å². The summed E-state index contributed by atoms with van der Waals surface area (Å²) < 4.78 is 11.8.